The van der Waals surface area contributed by atoms with Gasteiger partial charge in [-0.25, -0.2) is 0 Å². The first-order valence-electron chi connectivity index (χ1n) is 4.09. The van der Waals surface area contributed by atoms with Gasteiger partial charge in [-0.15, -0.1) is 0 Å². The van der Waals surface area contributed by atoms with Crippen molar-refractivity contribution in [2.24, 2.45) is 11.3 Å². The van der Waals surface area contributed by atoms with Crippen molar-refractivity contribution >= 4 is 0 Å². The standard InChI is InChI=1S/C9H20O/c1-8(6-5-7-10)9(2,3)4/h8,10H,5-7H2,1-4H3/t8-/m1/s1. The summed E-state index contributed by atoms with van der Waals surface area (Å²) in [5, 5.41) is 8.58. The van der Waals surface area contributed by atoms with Crippen molar-refractivity contribution in [1.82, 2.24) is 0 Å². The molecular formula is C9H20O. The van der Waals surface area contributed by atoms with Gasteiger partial charge in [0, 0.05) is 6.61 Å². The Labute approximate surface area is 64.5 Å². The van der Waals surface area contributed by atoms with Gasteiger partial charge in [0.15, 0.2) is 0 Å². The molecule has 62 valence electrons. The van der Waals surface area contributed by atoms with Gasteiger partial charge in [0.2, 0.25) is 0 Å². The number of hydrogen-bond donors (Lipinski definition) is 1. The van der Waals surface area contributed by atoms with Gasteiger partial charge in [-0.1, -0.05) is 27.7 Å². The topological polar surface area (TPSA) is 20.2 Å². The number of aliphatic hydroxyl groups is 1. The van der Waals surface area contributed by atoms with Gasteiger partial charge in [-0.2, -0.15) is 0 Å². The molecule has 0 spiro atoms. The molecule has 0 aliphatic heterocycles. The molecule has 0 amide bonds. The van der Waals surface area contributed by atoms with Crippen LogP contribution in [-0.2, 0) is 0 Å². The molecule has 0 radical (unpaired) electrons. The molecule has 0 saturated heterocycles. The van der Waals surface area contributed by atoms with Crippen LogP contribution < -0.4 is 0 Å². The van der Waals surface area contributed by atoms with E-state index in [4.69, 9.17) is 5.11 Å². The van der Waals surface area contributed by atoms with Gasteiger partial charge in [0.05, 0.1) is 0 Å². The normalized spacial score (nSPS) is 15.3. The summed E-state index contributed by atoms with van der Waals surface area (Å²) in [5.41, 5.74) is 0.398. The first-order chi connectivity index (χ1) is 4.48. The maximum Gasteiger partial charge on any atom is 0.0431 e. The second-order valence-electron chi connectivity index (χ2n) is 4.13. The zero-order valence-electron chi connectivity index (χ0n) is 7.65. The Balaban J connectivity index is 3.52. The lowest BCUT2D eigenvalue weighted by Crippen LogP contribution is -2.17. The monoisotopic (exact) mass is 144 g/mol. The maximum atomic E-state index is 8.58. The van der Waals surface area contributed by atoms with E-state index in [0.717, 1.165) is 12.8 Å². The van der Waals surface area contributed by atoms with Crippen LogP contribution in [-0.4, -0.2) is 11.7 Å². The van der Waals surface area contributed by atoms with Crippen molar-refractivity contribution in [3.8, 4) is 0 Å². The second-order valence-corrected chi connectivity index (χ2v) is 4.13. The Morgan fingerprint density at radius 1 is 1.30 bits per heavy atom. The van der Waals surface area contributed by atoms with Gasteiger partial charge >= 0.3 is 0 Å². The molecule has 10 heavy (non-hydrogen) atoms. The number of aliphatic hydroxyl groups excluding tert-OH is 1. The highest BCUT2D eigenvalue weighted by Gasteiger charge is 2.18. The molecule has 0 aliphatic rings. The van der Waals surface area contributed by atoms with Crippen LogP contribution in [0, 0.1) is 11.3 Å². The van der Waals surface area contributed by atoms with Crippen LogP contribution in [0.3, 0.4) is 0 Å². The van der Waals surface area contributed by atoms with Crippen LogP contribution in [0.25, 0.3) is 0 Å². The molecule has 0 unspecified atom stereocenters. The van der Waals surface area contributed by atoms with Crippen LogP contribution in [0.15, 0.2) is 0 Å². The molecule has 1 nitrogen and oxygen atoms in total. The third-order valence-corrected chi connectivity index (χ3v) is 2.27. The lowest BCUT2D eigenvalue weighted by atomic mass is 9.79. The quantitative estimate of drug-likeness (QED) is 0.645. The summed E-state index contributed by atoms with van der Waals surface area (Å²) in [4.78, 5) is 0. The average molecular weight is 144 g/mol. The highest BCUT2D eigenvalue weighted by molar-refractivity contribution is 4.69. The first kappa shape index (κ1) is 9.96. The van der Waals surface area contributed by atoms with Crippen LogP contribution in [0.5, 0.6) is 0 Å². The maximum absolute atomic E-state index is 8.58. The SMILES string of the molecule is C[C@H](CCCO)C(C)(C)C. The molecule has 0 aromatic heterocycles. The van der Waals surface area contributed by atoms with E-state index in [1.807, 2.05) is 0 Å². The highest BCUT2D eigenvalue weighted by atomic mass is 16.2. The molecular weight excluding hydrogens is 124 g/mol. The van der Waals surface area contributed by atoms with Crippen molar-refractivity contribution in [2.45, 2.75) is 40.5 Å². The van der Waals surface area contributed by atoms with E-state index in [-0.39, 0.29) is 0 Å². The van der Waals surface area contributed by atoms with Crippen molar-refractivity contribution in [2.75, 3.05) is 6.61 Å². The summed E-state index contributed by atoms with van der Waals surface area (Å²) in [6, 6.07) is 0. The third-order valence-electron chi connectivity index (χ3n) is 2.27. The molecule has 1 atom stereocenters. The van der Waals surface area contributed by atoms with Crippen molar-refractivity contribution < 1.29 is 5.11 Å². The summed E-state index contributed by atoms with van der Waals surface area (Å²) >= 11 is 0. The predicted octanol–water partition coefficient (Wildman–Crippen LogP) is 2.44. The van der Waals surface area contributed by atoms with E-state index in [9.17, 15) is 0 Å². The van der Waals surface area contributed by atoms with Crippen molar-refractivity contribution in [3.63, 3.8) is 0 Å². The Kier molecular flexibility index (Phi) is 3.95. The molecule has 0 fully saturated rings. The van der Waals surface area contributed by atoms with Gasteiger partial charge in [-0.05, 0) is 24.2 Å². The van der Waals surface area contributed by atoms with Gasteiger partial charge in [0.1, 0.15) is 0 Å². The molecule has 0 bridgehead atoms. The van der Waals surface area contributed by atoms with E-state index in [2.05, 4.69) is 27.7 Å². The van der Waals surface area contributed by atoms with Gasteiger partial charge in [0.25, 0.3) is 0 Å². The number of rotatable bonds is 3. The summed E-state index contributed by atoms with van der Waals surface area (Å²) in [6.45, 7) is 9.31. The Morgan fingerprint density at radius 2 is 1.80 bits per heavy atom. The van der Waals surface area contributed by atoms with E-state index >= 15 is 0 Å². The third kappa shape index (κ3) is 3.89. The van der Waals surface area contributed by atoms with Crippen molar-refractivity contribution in [3.05, 3.63) is 0 Å². The fraction of sp³-hybridized carbons (Fsp3) is 1.00. The minimum atomic E-state index is 0.334. The average Bonchev–Trinajstić information content (AvgIpc) is 1.80. The van der Waals surface area contributed by atoms with Crippen LogP contribution in [0.4, 0.5) is 0 Å². The molecule has 0 heterocycles. The Morgan fingerprint density at radius 3 is 2.10 bits per heavy atom. The molecule has 0 aromatic carbocycles. The zero-order chi connectivity index (χ0) is 8.20. The Bertz CT molecular complexity index is 81.2. The summed E-state index contributed by atoms with van der Waals surface area (Å²) < 4.78 is 0. The first-order valence-corrected chi connectivity index (χ1v) is 4.09. The van der Waals surface area contributed by atoms with Crippen LogP contribution >= 0.6 is 0 Å². The second kappa shape index (κ2) is 3.97. The lowest BCUT2D eigenvalue weighted by molar-refractivity contribution is 0.213. The summed E-state index contributed by atoms with van der Waals surface area (Å²) in [6.07, 6.45) is 2.08. The molecule has 0 aromatic rings. The summed E-state index contributed by atoms with van der Waals surface area (Å²) in [7, 11) is 0. The fourth-order valence-electron chi connectivity index (χ4n) is 0.830. The van der Waals surface area contributed by atoms with Crippen molar-refractivity contribution in [1.29, 1.82) is 0 Å². The Hall–Kier alpha value is -0.0400. The minimum Gasteiger partial charge on any atom is -0.396 e. The molecule has 0 saturated carbocycles. The largest absolute Gasteiger partial charge is 0.396 e. The molecule has 1 N–H and O–H groups in total. The lowest BCUT2D eigenvalue weighted by Gasteiger charge is -2.26. The minimum absolute atomic E-state index is 0.334. The number of hydrogen-bond acceptors (Lipinski definition) is 1. The van der Waals surface area contributed by atoms with Crippen LogP contribution in [0.1, 0.15) is 40.5 Å². The van der Waals surface area contributed by atoms with E-state index in [1.54, 1.807) is 0 Å². The van der Waals surface area contributed by atoms with Gasteiger partial charge < -0.3 is 5.11 Å². The van der Waals surface area contributed by atoms with E-state index in [1.165, 1.54) is 0 Å². The predicted molar refractivity (Wildman–Crippen MR) is 44.9 cm³/mol. The van der Waals surface area contributed by atoms with E-state index in [0.29, 0.717) is 17.9 Å². The van der Waals surface area contributed by atoms with Gasteiger partial charge in [-0.3, -0.25) is 0 Å². The van der Waals surface area contributed by atoms with Crippen LogP contribution in [0.2, 0.25) is 0 Å². The highest BCUT2D eigenvalue weighted by Crippen LogP contribution is 2.28. The fourth-order valence-corrected chi connectivity index (χ4v) is 0.830. The molecule has 1 heteroatoms. The smallest absolute Gasteiger partial charge is 0.0431 e. The molecule has 0 aliphatic carbocycles. The van der Waals surface area contributed by atoms with E-state index < -0.39 is 0 Å². The molecule has 0 rings (SSSR count). The zero-order valence-corrected chi connectivity index (χ0v) is 7.65. The summed E-state index contributed by atoms with van der Waals surface area (Å²) in [5.74, 6) is 0.708.